The highest BCUT2D eigenvalue weighted by Gasteiger charge is 2.25. The summed E-state index contributed by atoms with van der Waals surface area (Å²) < 4.78 is 22.9. The van der Waals surface area contributed by atoms with Crippen molar-refractivity contribution >= 4 is 17.9 Å². The molecule has 0 aromatic rings. The van der Waals surface area contributed by atoms with Crippen LogP contribution in [0.4, 0.5) is 0 Å². The van der Waals surface area contributed by atoms with Crippen molar-refractivity contribution in [2.24, 2.45) is 0 Å². The van der Waals surface area contributed by atoms with Crippen LogP contribution in [0.5, 0.6) is 0 Å². The first-order valence-electron chi connectivity index (χ1n) is 31.7. The van der Waals surface area contributed by atoms with Crippen LogP contribution in [0.3, 0.4) is 0 Å². The molecule has 0 saturated carbocycles. The summed E-state index contributed by atoms with van der Waals surface area (Å²) in [5.74, 6) is -2.03. The Morgan fingerprint density at radius 1 is 0.392 bits per heavy atom. The first kappa shape index (κ1) is 74.7. The van der Waals surface area contributed by atoms with Gasteiger partial charge in [-0.3, -0.25) is 9.59 Å². The molecule has 9 nitrogen and oxygen atoms in total. The number of unbranched alkanes of at least 4 members (excludes halogenated alkanes) is 22. The third-order valence-corrected chi connectivity index (χ3v) is 13.2. The van der Waals surface area contributed by atoms with Gasteiger partial charge < -0.3 is 28.5 Å². The van der Waals surface area contributed by atoms with E-state index in [0.717, 1.165) is 116 Å². The van der Waals surface area contributed by atoms with Gasteiger partial charge in [0.2, 0.25) is 0 Å². The van der Waals surface area contributed by atoms with Gasteiger partial charge in [-0.2, -0.15) is 0 Å². The van der Waals surface area contributed by atoms with Crippen molar-refractivity contribution in [3.8, 4) is 0 Å². The lowest BCUT2D eigenvalue weighted by Crippen LogP contribution is -2.40. The third kappa shape index (κ3) is 61.2. The maximum Gasteiger partial charge on any atom is 0.361 e. The zero-order chi connectivity index (χ0) is 57.6. The van der Waals surface area contributed by atoms with Crippen LogP contribution in [0.25, 0.3) is 0 Å². The topological polar surface area (TPSA) is 108 Å². The molecule has 0 aliphatic rings. The van der Waals surface area contributed by atoms with Crippen LogP contribution in [0.1, 0.15) is 245 Å². The predicted octanol–water partition coefficient (Wildman–Crippen LogP) is 19.2. The summed E-state index contributed by atoms with van der Waals surface area (Å²) in [6.07, 6.45) is 81.5. The van der Waals surface area contributed by atoms with Gasteiger partial charge in [-0.05, 0) is 109 Å². The fraction of sp³-hybridized carbons (Fsp3) is 0.671. The molecule has 0 aromatic heterocycles. The smallest absolute Gasteiger partial charge is 0.361 e. The van der Waals surface area contributed by atoms with Gasteiger partial charge >= 0.3 is 17.9 Å². The first-order valence-corrected chi connectivity index (χ1v) is 31.7. The van der Waals surface area contributed by atoms with E-state index in [1.54, 1.807) is 0 Å². The average Bonchev–Trinajstić information content (AvgIpc) is 3.42. The number of hydrogen-bond acceptors (Lipinski definition) is 7. The van der Waals surface area contributed by atoms with Gasteiger partial charge in [0.05, 0.1) is 34.4 Å². The number of aliphatic carboxylic acids is 1. The fourth-order valence-corrected chi connectivity index (χ4v) is 8.35. The molecular formula is C70H118NO8+. The van der Waals surface area contributed by atoms with Crippen LogP contribution in [0.15, 0.2) is 122 Å². The molecule has 0 aliphatic carbocycles. The summed E-state index contributed by atoms with van der Waals surface area (Å²) in [5, 5.41) is 9.71. The number of carbonyl (C=O) groups is 3. The Morgan fingerprint density at radius 2 is 0.722 bits per heavy atom. The number of esters is 2. The van der Waals surface area contributed by atoms with Crippen LogP contribution in [0, 0.1) is 0 Å². The summed E-state index contributed by atoms with van der Waals surface area (Å²) in [6.45, 7) is 4.71. The van der Waals surface area contributed by atoms with E-state index in [1.807, 2.05) is 21.1 Å². The standard InChI is InChI=1S/C70H117NO8/c1-6-8-10-12-14-16-18-20-22-23-24-25-26-27-28-29-30-31-32-33-34-35-36-37-38-39-40-41-42-43-44-45-47-49-51-53-55-57-59-61-68(73)79-66(65-78-70(69(74)75)76-63-62-71(3,4)5)64-77-67(72)60-58-56-54-52-50-48-46-21-19-17-15-13-11-9-7-2/h8,10,14-17,20-22,24-25,27-28,30-31,33-34,36-37,46,66,70H,6-7,9,11-13,18-19,23,26,29,32,35,38-45,47-65H2,1-5H3/p+1/b10-8-,16-14-,17-15-,22-20-,25-24-,28-27-,31-30-,34-33-,37-36-,46-21-. The molecule has 0 heterocycles. The van der Waals surface area contributed by atoms with Crippen LogP contribution < -0.4 is 0 Å². The van der Waals surface area contributed by atoms with Crippen LogP contribution >= 0.6 is 0 Å². The van der Waals surface area contributed by atoms with E-state index in [1.165, 1.54) is 96.3 Å². The SMILES string of the molecule is CC/C=C\C/C=C\C/C=C\C/C=C\C/C=C\C/C=C\C/C=C\C/C=C\CCCCCCCCCCCCCCCCC(=O)OC(COC(=O)CCCCCCC/C=C\C/C=C\CCCCC)COC(OCC[N+](C)(C)C)C(=O)O. The minimum atomic E-state index is -1.52. The van der Waals surface area contributed by atoms with E-state index in [0.29, 0.717) is 17.4 Å². The molecule has 0 bridgehead atoms. The largest absolute Gasteiger partial charge is 0.477 e. The molecule has 450 valence electrons. The molecule has 0 aliphatic heterocycles. The highest BCUT2D eigenvalue weighted by atomic mass is 16.7. The number of nitrogens with zero attached hydrogens (tertiary/aromatic N) is 1. The summed E-state index contributed by atoms with van der Waals surface area (Å²) in [6, 6.07) is 0. The van der Waals surface area contributed by atoms with E-state index in [-0.39, 0.29) is 38.6 Å². The third-order valence-electron chi connectivity index (χ3n) is 13.2. The number of hydrogen-bond donors (Lipinski definition) is 1. The van der Waals surface area contributed by atoms with E-state index in [4.69, 9.17) is 18.9 Å². The predicted molar refractivity (Wildman–Crippen MR) is 336 cm³/mol. The van der Waals surface area contributed by atoms with Gasteiger partial charge in [0.15, 0.2) is 6.10 Å². The zero-order valence-corrected chi connectivity index (χ0v) is 51.2. The van der Waals surface area contributed by atoms with Crippen molar-refractivity contribution in [3.05, 3.63) is 122 Å². The lowest BCUT2D eigenvalue weighted by Gasteiger charge is -2.25. The van der Waals surface area contributed by atoms with Crippen LogP contribution in [0.2, 0.25) is 0 Å². The molecule has 79 heavy (non-hydrogen) atoms. The number of carbonyl (C=O) groups excluding carboxylic acids is 2. The van der Waals surface area contributed by atoms with Crippen LogP contribution in [-0.2, 0) is 33.3 Å². The molecule has 0 fully saturated rings. The van der Waals surface area contributed by atoms with Crippen molar-refractivity contribution in [3.63, 3.8) is 0 Å². The molecule has 0 spiro atoms. The number of carboxylic acid groups (broad SMARTS) is 1. The summed E-state index contributed by atoms with van der Waals surface area (Å²) in [7, 11) is 5.96. The van der Waals surface area contributed by atoms with Gasteiger partial charge in [-0.15, -0.1) is 0 Å². The second kappa shape index (κ2) is 59.8. The van der Waals surface area contributed by atoms with Crippen molar-refractivity contribution in [1.29, 1.82) is 0 Å². The Kier molecular flexibility index (Phi) is 56.5. The van der Waals surface area contributed by atoms with Gasteiger partial charge in [-0.1, -0.05) is 245 Å². The number of allylic oxidation sites excluding steroid dienone is 20. The molecule has 1 N–H and O–H groups in total. The Hall–Kier alpha value is -4.31. The molecule has 0 rings (SSSR count). The number of rotatable bonds is 57. The first-order chi connectivity index (χ1) is 38.6. The van der Waals surface area contributed by atoms with Gasteiger partial charge in [0.1, 0.15) is 13.2 Å². The molecule has 2 atom stereocenters. The molecule has 0 amide bonds. The van der Waals surface area contributed by atoms with Crippen molar-refractivity contribution in [2.75, 3.05) is 47.5 Å². The highest BCUT2D eigenvalue weighted by Crippen LogP contribution is 2.16. The number of ether oxygens (including phenoxy) is 4. The Bertz CT molecular complexity index is 1710. The summed E-state index contributed by atoms with van der Waals surface area (Å²) in [4.78, 5) is 37.4. The lowest BCUT2D eigenvalue weighted by atomic mass is 10.0. The number of carboxylic acids is 1. The highest BCUT2D eigenvalue weighted by molar-refractivity contribution is 5.71. The van der Waals surface area contributed by atoms with Crippen LogP contribution in [-0.4, -0.2) is 87.4 Å². The molecule has 2 unspecified atom stereocenters. The van der Waals surface area contributed by atoms with Crippen molar-refractivity contribution in [2.45, 2.75) is 257 Å². The second-order valence-electron chi connectivity index (χ2n) is 22.0. The van der Waals surface area contributed by atoms with E-state index < -0.39 is 24.3 Å². The van der Waals surface area contributed by atoms with Gasteiger partial charge in [0, 0.05) is 12.8 Å². The minimum absolute atomic E-state index is 0.181. The quantitative estimate of drug-likeness (QED) is 0.0211. The summed E-state index contributed by atoms with van der Waals surface area (Å²) >= 11 is 0. The van der Waals surface area contributed by atoms with Gasteiger partial charge in [0.25, 0.3) is 6.29 Å². The van der Waals surface area contributed by atoms with E-state index >= 15 is 0 Å². The maximum atomic E-state index is 12.9. The fourth-order valence-electron chi connectivity index (χ4n) is 8.35. The lowest BCUT2D eigenvalue weighted by molar-refractivity contribution is -0.870. The Labute approximate surface area is 485 Å². The number of likely N-dealkylation sites (N-methyl/N-ethyl adjacent to an activating group) is 1. The van der Waals surface area contributed by atoms with Gasteiger partial charge in [-0.25, -0.2) is 4.79 Å². The Balaban J connectivity index is 4.10. The molecular weight excluding hydrogens is 983 g/mol. The number of quaternary nitrogens is 1. The molecule has 9 heteroatoms. The molecule has 0 radical (unpaired) electrons. The second-order valence-corrected chi connectivity index (χ2v) is 22.0. The normalized spacial score (nSPS) is 13.6. The minimum Gasteiger partial charge on any atom is -0.477 e. The molecule has 0 saturated heterocycles. The van der Waals surface area contributed by atoms with E-state index in [9.17, 15) is 19.5 Å². The van der Waals surface area contributed by atoms with Crippen molar-refractivity contribution in [1.82, 2.24) is 0 Å². The summed E-state index contributed by atoms with van der Waals surface area (Å²) in [5.41, 5.74) is 0. The van der Waals surface area contributed by atoms with E-state index in [2.05, 4.69) is 135 Å². The van der Waals surface area contributed by atoms with Crippen molar-refractivity contribution < 1.29 is 42.9 Å². The average molecular weight is 1100 g/mol. The Morgan fingerprint density at radius 3 is 1.08 bits per heavy atom. The maximum absolute atomic E-state index is 12.9. The molecule has 0 aromatic carbocycles. The zero-order valence-electron chi connectivity index (χ0n) is 51.2. The monoisotopic (exact) mass is 1100 g/mol.